The standard InChI is InChI=1S/C11H10IN5O2.C2HF3O2/c12-9-3-7(11-16-14-6-15-17-11)1-2-8(9)4-13-5-10(18)19;3-2(4,5)1(6)7/h1-3,6,13H,4-5H2,(H,18,19);(H,6,7). The van der Waals surface area contributed by atoms with Crippen LogP contribution in [-0.2, 0) is 16.1 Å². The summed E-state index contributed by atoms with van der Waals surface area (Å²) in [5.41, 5.74) is 1.91. The third-order valence-corrected chi connectivity index (χ3v) is 3.64. The Labute approximate surface area is 157 Å². The third-order valence-electron chi connectivity index (χ3n) is 2.63. The largest absolute Gasteiger partial charge is 0.542 e. The summed E-state index contributed by atoms with van der Waals surface area (Å²) in [7, 11) is 0. The highest BCUT2D eigenvalue weighted by Gasteiger charge is 2.28. The van der Waals surface area contributed by atoms with Gasteiger partial charge in [0.1, 0.15) is 12.5 Å². The highest BCUT2D eigenvalue weighted by Crippen LogP contribution is 2.19. The minimum absolute atomic E-state index is 0.0630. The molecule has 0 bridgehead atoms. The zero-order valence-corrected chi connectivity index (χ0v) is 14.9. The van der Waals surface area contributed by atoms with E-state index in [1.807, 2.05) is 18.2 Å². The second kappa shape index (κ2) is 9.91. The number of benzene rings is 1. The highest BCUT2D eigenvalue weighted by atomic mass is 127. The summed E-state index contributed by atoms with van der Waals surface area (Å²) >= 11 is 2.21. The number of quaternary nitrogens is 1. The number of nitrogens with zero attached hydrogens (tertiary/aromatic N) is 4. The van der Waals surface area contributed by atoms with Crippen molar-refractivity contribution in [1.29, 1.82) is 0 Å². The minimum atomic E-state index is -5.19. The Balaban J connectivity index is 0.000000412. The van der Waals surface area contributed by atoms with Gasteiger partial charge in [-0.25, -0.2) is 4.79 Å². The van der Waals surface area contributed by atoms with E-state index in [9.17, 15) is 18.0 Å². The van der Waals surface area contributed by atoms with Gasteiger partial charge in [-0.05, 0) is 28.7 Å². The topological polar surface area (TPSA) is 146 Å². The van der Waals surface area contributed by atoms with E-state index in [-0.39, 0.29) is 6.54 Å². The predicted molar refractivity (Wildman–Crippen MR) is 85.0 cm³/mol. The molecule has 0 saturated heterocycles. The molecule has 1 aromatic carbocycles. The fourth-order valence-electron chi connectivity index (χ4n) is 1.52. The van der Waals surface area contributed by atoms with Gasteiger partial charge in [-0.2, -0.15) is 13.2 Å². The Morgan fingerprint density at radius 1 is 1.23 bits per heavy atom. The van der Waals surface area contributed by atoms with Crippen molar-refractivity contribution in [3.05, 3.63) is 33.7 Å². The number of rotatable bonds is 5. The van der Waals surface area contributed by atoms with Crippen LogP contribution in [0.15, 0.2) is 24.5 Å². The SMILES string of the molecule is O=C(O)C[NH2+]Cc1ccc(-c2nncnn2)cc1I.O=C([O-])C(F)(F)F. The lowest BCUT2D eigenvalue weighted by atomic mass is 10.1. The van der Waals surface area contributed by atoms with Gasteiger partial charge in [0.05, 0.1) is 0 Å². The van der Waals surface area contributed by atoms with Crippen molar-refractivity contribution in [2.24, 2.45) is 0 Å². The van der Waals surface area contributed by atoms with E-state index in [2.05, 4.69) is 43.0 Å². The number of halogens is 4. The van der Waals surface area contributed by atoms with E-state index >= 15 is 0 Å². The number of carboxylic acids is 2. The van der Waals surface area contributed by atoms with Crippen LogP contribution in [0.2, 0.25) is 0 Å². The van der Waals surface area contributed by atoms with Crippen LogP contribution in [0.5, 0.6) is 0 Å². The molecule has 1 aromatic heterocycles. The quantitative estimate of drug-likeness (QED) is 0.513. The van der Waals surface area contributed by atoms with E-state index in [4.69, 9.17) is 15.0 Å². The fraction of sp³-hybridized carbons (Fsp3) is 0.231. The van der Waals surface area contributed by atoms with E-state index in [0.29, 0.717) is 12.4 Å². The van der Waals surface area contributed by atoms with Gasteiger partial charge in [0.2, 0.25) is 5.82 Å². The number of aliphatic carboxylic acids is 2. The Kier molecular flexibility index (Phi) is 8.24. The lowest BCUT2D eigenvalue weighted by Gasteiger charge is -2.05. The first kappa shape index (κ1) is 21.6. The molecule has 140 valence electrons. The van der Waals surface area contributed by atoms with Crippen molar-refractivity contribution in [2.75, 3.05) is 6.54 Å². The van der Waals surface area contributed by atoms with Crippen LogP contribution >= 0.6 is 22.6 Å². The molecule has 0 radical (unpaired) electrons. The molecular weight excluding hydrogens is 474 g/mol. The lowest BCUT2D eigenvalue weighted by molar-refractivity contribution is -0.661. The molecule has 0 atom stereocenters. The van der Waals surface area contributed by atoms with Crippen LogP contribution < -0.4 is 10.4 Å². The molecule has 0 aliphatic carbocycles. The molecular formula is C13H11F3IN5O4. The Morgan fingerprint density at radius 3 is 2.27 bits per heavy atom. The first-order valence-electron chi connectivity index (χ1n) is 6.72. The highest BCUT2D eigenvalue weighted by molar-refractivity contribution is 14.1. The van der Waals surface area contributed by atoms with Crippen molar-refractivity contribution in [1.82, 2.24) is 20.4 Å². The van der Waals surface area contributed by atoms with Crippen molar-refractivity contribution in [3.63, 3.8) is 0 Å². The lowest BCUT2D eigenvalue weighted by Crippen LogP contribution is -2.84. The smallest absolute Gasteiger partial charge is 0.430 e. The predicted octanol–water partition coefficient (Wildman–Crippen LogP) is -1.02. The maximum atomic E-state index is 10.5. The number of carbonyl (C=O) groups is 2. The number of aromatic nitrogens is 4. The third kappa shape index (κ3) is 7.64. The maximum absolute atomic E-state index is 10.5. The Bertz CT molecular complexity index is 761. The fourth-order valence-corrected chi connectivity index (χ4v) is 2.26. The normalized spacial score (nSPS) is 10.6. The molecule has 2 rings (SSSR count). The van der Waals surface area contributed by atoms with Gasteiger partial charge >= 0.3 is 12.1 Å². The summed E-state index contributed by atoms with van der Waals surface area (Å²) in [5.74, 6) is -3.35. The van der Waals surface area contributed by atoms with Crippen molar-refractivity contribution in [3.8, 4) is 11.4 Å². The molecule has 0 aliphatic heterocycles. The number of alkyl halides is 3. The number of hydrogen-bond acceptors (Lipinski definition) is 7. The van der Waals surface area contributed by atoms with Gasteiger partial charge in [-0.1, -0.05) is 12.1 Å². The van der Waals surface area contributed by atoms with Gasteiger partial charge in [0, 0.05) is 14.7 Å². The summed E-state index contributed by atoms with van der Waals surface area (Å²) in [6, 6.07) is 5.75. The molecule has 0 amide bonds. The zero-order valence-electron chi connectivity index (χ0n) is 12.8. The second-order valence-electron chi connectivity index (χ2n) is 4.55. The molecule has 26 heavy (non-hydrogen) atoms. The van der Waals surface area contributed by atoms with Crippen molar-refractivity contribution < 1.29 is 38.3 Å². The average Bonchev–Trinajstić information content (AvgIpc) is 2.56. The van der Waals surface area contributed by atoms with Gasteiger partial charge in [-0.15, -0.1) is 20.4 Å². The number of nitrogens with two attached hydrogens (primary N) is 1. The van der Waals surface area contributed by atoms with E-state index in [0.717, 1.165) is 14.7 Å². The molecule has 3 N–H and O–H groups in total. The average molecular weight is 485 g/mol. The molecule has 9 nitrogen and oxygen atoms in total. The van der Waals surface area contributed by atoms with Gasteiger partial charge < -0.3 is 20.3 Å². The Hall–Kier alpha value is -2.42. The molecule has 0 fully saturated rings. The molecule has 2 aromatic rings. The summed E-state index contributed by atoms with van der Waals surface area (Å²) < 4.78 is 32.6. The van der Waals surface area contributed by atoms with Crippen LogP contribution in [0, 0.1) is 3.57 Å². The van der Waals surface area contributed by atoms with Crippen molar-refractivity contribution in [2.45, 2.75) is 12.7 Å². The molecule has 13 heteroatoms. The summed E-state index contributed by atoms with van der Waals surface area (Å²) in [6.45, 7) is 0.685. The van der Waals surface area contributed by atoms with Gasteiger partial charge in [-0.3, -0.25) is 0 Å². The van der Waals surface area contributed by atoms with Crippen LogP contribution in [0.25, 0.3) is 11.4 Å². The van der Waals surface area contributed by atoms with Gasteiger partial charge in [0.15, 0.2) is 12.9 Å². The summed E-state index contributed by atoms with van der Waals surface area (Å²) in [4.78, 5) is 19.2. The van der Waals surface area contributed by atoms with Crippen LogP contribution in [-0.4, -0.2) is 50.2 Å². The Morgan fingerprint density at radius 2 is 1.81 bits per heavy atom. The van der Waals surface area contributed by atoms with E-state index < -0.39 is 18.1 Å². The van der Waals surface area contributed by atoms with Crippen LogP contribution in [0.3, 0.4) is 0 Å². The molecule has 1 heterocycles. The zero-order chi connectivity index (χ0) is 19.7. The van der Waals surface area contributed by atoms with Crippen molar-refractivity contribution >= 4 is 34.5 Å². The number of carboxylic acid groups (broad SMARTS) is 2. The number of hydrogen-bond donors (Lipinski definition) is 2. The number of carbonyl (C=O) groups excluding carboxylic acids is 1. The van der Waals surface area contributed by atoms with Crippen LogP contribution in [0.4, 0.5) is 13.2 Å². The van der Waals surface area contributed by atoms with Gasteiger partial charge in [0.25, 0.3) is 0 Å². The van der Waals surface area contributed by atoms with E-state index in [1.54, 1.807) is 5.32 Å². The summed E-state index contributed by atoms with van der Waals surface area (Å²) in [6.07, 6.45) is -3.91. The first-order chi connectivity index (χ1) is 12.1. The summed E-state index contributed by atoms with van der Waals surface area (Å²) in [5, 5.41) is 34.3. The molecule has 0 unspecified atom stereocenters. The monoisotopic (exact) mass is 485 g/mol. The minimum Gasteiger partial charge on any atom is -0.542 e. The van der Waals surface area contributed by atoms with E-state index in [1.165, 1.54) is 6.33 Å². The molecule has 0 saturated carbocycles. The van der Waals surface area contributed by atoms with Crippen LogP contribution in [0.1, 0.15) is 5.56 Å². The first-order valence-corrected chi connectivity index (χ1v) is 7.80. The maximum Gasteiger partial charge on any atom is 0.430 e. The molecule has 0 aliphatic rings. The molecule has 0 spiro atoms. The second-order valence-corrected chi connectivity index (χ2v) is 5.71.